The van der Waals surface area contributed by atoms with Crippen LogP contribution in [0.5, 0.6) is 0 Å². The molecule has 1 N–H and O–H groups in total. The molecule has 0 bridgehead atoms. The van der Waals surface area contributed by atoms with Gasteiger partial charge < -0.3 is 4.74 Å². The second-order valence-electron chi connectivity index (χ2n) is 5.35. The maximum absolute atomic E-state index is 11.6. The van der Waals surface area contributed by atoms with Crippen LogP contribution in [0.4, 0.5) is 0 Å². The second kappa shape index (κ2) is 11.4. The van der Waals surface area contributed by atoms with Crippen molar-refractivity contribution in [2.24, 2.45) is 11.8 Å². The van der Waals surface area contributed by atoms with E-state index in [0.717, 1.165) is 11.5 Å². The van der Waals surface area contributed by atoms with Crippen LogP contribution in [0, 0.1) is 11.8 Å². The molecule has 0 saturated heterocycles. The van der Waals surface area contributed by atoms with Gasteiger partial charge >= 0.3 is 5.97 Å². The number of nitrogens with one attached hydrogen (secondary N) is 1. The van der Waals surface area contributed by atoms with Crippen molar-refractivity contribution in [2.75, 3.05) is 24.7 Å². The van der Waals surface area contributed by atoms with Crippen molar-refractivity contribution in [1.82, 2.24) is 5.32 Å². The topological polar surface area (TPSA) is 38.3 Å². The van der Waals surface area contributed by atoms with Gasteiger partial charge in [-0.05, 0) is 37.6 Å². The Kier molecular flexibility index (Phi) is 11.8. The number of ether oxygens (including phenoxy) is 1. The third-order valence-electron chi connectivity index (χ3n) is 2.20. The van der Waals surface area contributed by atoms with Gasteiger partial charge in [-0.2, -0.15) is 0 Å². The zero-order valence-electron chi connectivity index (χ0n) is 13.1. The average molecular weight is 358 g/mol. The number of thioether (sulfide) groups is 2. The molecule has 20 heavy (non-hydrogen) atoms. The van der Waals surface area contributed by atoms with Gasteiger partial charge in [0.25, 0.3) is 0 Å². The Morgan fingerprint density at radius 2 is 1.75 bits per heavy atom. The highest BCUT2D eigenvalue weighted by Crippen LogP contribution is 2.45. The minimum Gasteiger partial charge on any atom is -0.465 e. The van der Waals surface area contributed by atoms with Crippen molar-refractivity contribution in [3.63, 3.8) is 0 Å². The summed E-state index contributed by atoms with van der Waals surface area (Å²) in [6.45, 7) is 11.3. The first-order chi connectivity index (χ1) is 9.35. The molecule has 3 nitrogen and oxygen atoms in total. The summed E-state index contributed by atoms with van der Waals surface area (Å²) in [6.07, 6.45) is 0. The highest BCUT2D eigenvalue weighted by Gasteiger charge is 2.29. The molecule has 0 fully saturated rings. The summed E-state index contributed by atoms with van der Waals surface area (Å²) >= 11 is 9.15. The molecule has 1 atom stereocenters. The molecule has 0 saturated carbocycles. The largest absolute Gasteiger partial charge is 0.465 e. The van der Waals surface area contributed by atoms with E-state index in [9.17, 15) is 4.79 Å². The van der Waals surface area contributed by atoms with Crippen LogP contribution in [0.2, 0.25) is 0 Å². The minimum absolute atomic E-state index is 0.184. The molecular formula is C13H28NO2PS3. The third-order valence-corrected chi connectivity index (χ3v) is 9.90. The monoisotopic (exact) mass is 357 g/mol. The molecular weight excluding hydrogens is 329 g/mol. The van der Waals surface area contributed by atoms with E-state index < -0.39 is 0 Å². The van der Waals surface area contributed by atoms with Crippen molar-refractivity contribution in [3.05, 3.63) is 0 Å². The molecule has 120 valence electrons. The quantitative estimate of drug-likeness (QED) is 0.347. The van der Waals surface area contributed by atoms with E-state index in [-0.39, 0.29) is 23.8 Å². The van der Waals surface area contributed by atoms with Crippen LogP contribution in [0.25, 0.3) is 0 Å². The normalized spacial score (nSPS) is 12.8. The smallest absolute Gasteiger partial charge is 0.319 e. The molecule has 0 heterocycles. The SMILES string of the molecule is CCOC(=O)CNC([PH2]=S)(SCC(C)C)SCC(C)C. The number of carbonyl (C=O) groups excluding carboxylic acids is 1. The van der Waals surface area contributed by atoms with E-state index in [2.05, 4.69) is 33.0 Å². The predicted octanol–water partition coefficient (Wildman–Crippen LogP) is 3.40. The molecule has 0 spiro atoms. The van der Waals surface area contributed by atoms with Crippen molar-refractivity contribution in [3.8, 4) is 0 Å². The van der Waals surface area contributed by atoms with E-state index in [4.69, 9.17) is 16.5 Å². The number of carbonyl (C=O) groups is 1. The third kappa shape index (κ3) is 9.67. The fourth-order valence-corrected chi connectivity index (χ4v) is 6.28. The van der Waals surface area contributed by atoms with Gasteiger partial charge in [-0.15, -0.1) is 35.3 Å². The van der Waals surface area contributed by atoms with Crippen LogP contribution in [-0.4, -0.2) is 34.6 Å². The van der Waals surface area contributed by atoms with Crippen LogP contribution in [0.15, 0.2) is 0 Å². The molecule has 0 radical (unpaired) electrons. The molecule has 1 unspecified atom stereocenters. The molecule has 0 aromatic rings. The number of rotatable bonds is 11. The van der Waals surface area contributed by atoms with Gasteiger partial charge in [-0.25, -0.2) is 0 Å². The summed E-state index contributed by atoms with van der Waals surface area (Å²) in [5.41, 5.74) is 0. The van der Waals surface area contributed by atoms with E-state index in [1.165, 1.54) is 0 Å². The number of hydrogen-bond donors (Lipinski definition) is 1. The van der Waals surface area contributed by atoms with Gasteiger partial charge in [0.2, 0.25) is 0 Å². The van der Waals surface area contributed by atoms with Crippen LogP contribution < -0.4 is 5.32 Å². The first-order valence-electron chi connectivity index (χ1n) is 7.00. The molecule has 0 amide bonds. The van der Waals surface area contributed by atoms with Crippen LogP contribution >= 0.6 is 30.9 Å². The molecule has 0 aromatic heterocycles. The Labute approximate surface area is 138 Å². The van der Waals surface area contributed by atoms with Gasteiger partial charge in [-0.3, -0.25) is 10.1 Å². The molecule has 0 aliphatic carbocycles. The lowest BCUT2D eigenvalue weighted by atomic mass is 10.3. The molecule has 0 aliphatic rings. The van der Waals surface area contributed by atoms with Gasteiger partial charge in [0.05, 0.1) is 13.2 Å². The minimum atomic E-state index is -0.211. The van der Waals surface area contributed by atoms with Gasteiger partial charge in [0.15, 0.2) is 0 Å². The van der Waals surface area contributed by atoms with Crippen molar-refractivity contribution in [2.45, 2.75) is 38.6 Å². The first kappa shape index (κ1) is 20.8. The van der Waals surface area contributed by atoms with E-state index in [1.807, 2.05) is 30.4 Å². The Hall–Kier alpha value is 0.780. The summed E-state index contributed by atoms with van der Waals surface area (Å²) in [5, 5.41) is 3.36. The highest BCUT2D eigenvalue weighted by atomic mass is 32.4. The Morgan fingerprint density at radius 1 is 1.25 bits per heavy atom. The Bertz CT molecular complexity index is 289. The fraction of sp³-hybridized carbons (Fsp3) is 0.923. The summed E-state index contributed by atoms with van der Waals surface area (Å²) < 4.78 is 4.80. The van der Waals surface area contributed by atoms with Crippen molar-refractivity contribution >= 4 is 48.7 Å². The maximum Gasteiger partial charge on any atom is 0.319 e. The Balaban J connectivity index is 4.62. The van der Waals surface area contributed by atoms with Gasteiger partial charge in [0, 0.05) is 0 Å². The van der Waals surface area contributed by atoms with E-state index in [0.29, 0.717) is 18.4 Å². The molecule has 7 heteroatoms. The van der Waals surface area contributed by atoms with E-state index in [1.54, 1.807) is 0 Å². The lowest BCUT2D eigenvalue weighted by molar-refractivity contribution is -0.141. The van der Waals surface area contributed by atoms with Crippen LogP contribution in [0.3, 0.4) is 0 Å². The lowest BCUT2D eigenvalue weighted by Gasteiger charge is -2.31. The zero-order valence-corrected chi connectivity index (χ0v) is 16.7. The van der Waals surface area contributed by atoms with Crippen molar-refractivity contribution < 1.29 is 9.53 Å². The number of hydrogen-bond acceptors (Lipinski definition) is 6. The highest BCUT2D eigenvalue weighted by molar-refractivity contribution is 8.27. The summed E-state index contributed by atoms with van der Waals surface area (Å²) in [4.78, 5) is 11.6. The average Bonchev–Trinajstić information content (AvgIpc) is 2.38. The standard InChI is InChI=1S/C13H28NO2PS3/c1-6-16-12(15)7-14-13(17-18,19-8-10(2)3)20-9-11(4)5/h10-11,14H,6-9,17H2,1-5H3. The second-order valence-corrected chi connectivity index (χ2v) is 10.8. The maximum atomic E-state index is 11.6. The van der Waals surface area contributed by atoms with Crippen LogP contribution in [-0.2, 0) is 21.3 Å². The van der Waals surface area contributed by atoms with Crippen LogP contribution in [0.1, 0.15) is 34.6 Å². The summed E-state index contributed by atoms with van der Waals surface area (Å²) in [5.74, 6) is 3.12. The zero-order chi connectivity index (χ0) is 15.6. The molecule has 0 aromatic carbocycles. The fourth-order valence-electron chi connectivity index (χ4n) is 1.24. The number of esters is 1. The first-order valence-corrected chi connectivity index (χ1v) is 11.4. The Morgan fingerprint density at radius 3 is 2.10 bits per heavy atom. The summed E-state index contributed by atoms with van der Waals surface area (Å²) in [7, 11) is -0.211. The van der Waals surface area contributed by atoms with Gasteiger partial charge in [-0.1, -0.05) is 27.7 Å². The predicted molar refractivity (Wildman–Crippen MR) is 99.0 cm³/mol. The van der Waals surface area contributed by atoms with E-state index >= 15 is 0 Å². The lowest BCUT2D eigenvalue weighted by Crippen LogP contribution is -2.39. The molecule has 0 aliphatic heterocycles. The summed E-state index contributed by atoms with van der Waals surface area (Å²) in [6, 6.07) is 0. The van der Waals surface area contributed by atoms with Crippen molar-refractivity contribution in [1.29, 1.82) is 0 Å². The van der Waals surface area contributed by atoms with Gasteiger partial charge in [0.1, 0.15) is 3.94 Å². The molecule has 0 rings (SSSR count).